The lowest BCUT2D eigenvalue weighted by atomic mass is 10.1. The van der Waals surface area contributed by atoms with Crippen LogP contribution in [0.3, 0.4) is 0 Å². The highest BCUT2D eigenvalue weighted by atomic mass is 19.4. The molecule has 0 radical (unpaired) electrons. The van der Waals surface area contributed by atoms with Crippen molar-refractivity contribution in [3.63, 3.8) is 0 Å². The molecule has 4 aromatic rings. The summed E-state index contributed by atoms with van der Waals surface area (Å²) in [5.74, 6) is -1.55. The van der Waals surface area contributed by atoms with Crippen LogP contribution >= 0.6 is 0 Å². The number of anilines is 1. The first-order valence-electron chi connectivity index (χ1n) is 10.9. The molecule has 1 aromatic carbocycles. The van der Waals surface area contributed by atoms with E-state index in [2.05, 4.69) is 15.3 Å². The molecule has 0 N–H and O–H groups in total. The van der Waals surface area contributed by atoms with Gasteiger partial charge in [-0.15, -0.1) is 5.10 Å². The molecule has 0 saturated heterocycles. The minimum Gasteiger partial charge on any atom is -0.301 e. The van der Waals surface area contributed by atoms with E-state index in [1.165, 1.54) is 33.6 Å². The molecule has 0 saturated carbocycles. The van der Waals surface area contributed by atoms with Crippen molar-refractivity contribution in [3.05, 3.63) is 89.0 Å². The van der Waals surface area contributed by atoms with E-state index >= 15 is 0 Å². The van der Waals surface area contributed by atoms with Gasteiger partial charge in [0.2, 0.25) is 0 Å². The van der Waals surface area contributed by atoms with Crippen molar-refractivity contribution in [3.8, 4) is 16.9 Å². The number of rotatable bonds is 4. The fourth-order valence-electron chi connectivity index (χ4n) is 4.26. The van der Waals surface area contributed by atoms with Gasteiger partial charge in [-0.25, -0.2) is 9.07 Å². The Hall–Kier alpha value is -4.35. The van der Waals surface area contributed by atoms with Gasteiger partial charge in [0.25, 0.3) is 11.5 Å². The molecule has 4 heterocycles. The number of hydrogen-bond acceptors (Lipinski definition) is 5. The standard InChI is InChI=1S/C24H18F4N6O2/c25-18-2-1-3-20-17(18)4-5-21(23(36)33(20)14-24(26,27)28)34-13-19(30-31-34)15-8-11-32(22(35)12-15)16-6-9-29-10-7-16/h1-3,6-13,21H,4-5,14H2. The van der Waals surface area contributed by atoms with E-state index in [0.29, 0.717) is 16.2 Å². The number of hydrogen-bond donors (Lipinski definition) is 0. The van der Waals surface area contributed by atoms with Crippen LogP contribution in [-0.4, -0.2) is 43.2 Å². The first-order chi connectivity index (χ1) is 17.2. The van der Waals surface area contributed by atoms with Gasteiger partial charge in [-0.1, -0.05) is 11.3 Å². The number of nitrogens with zero attached hydrogens (tertiary/aromatic N) is 6. The normalized spacial score (nSPS) is 16.1. The highest BCUT2D eigenvalue weighted by Gasteiger charge is 2.40. The molecule has 0 aliphatic carbocycles. The van der Waals surface area contributed by atoms with Gasteiger partial charge in [-0.2, -0.15) is 13.2 Å². The number of carbonyl (C=O) groups excluding carboxylic acids is 1. The number of fused-ring (bicyclic) bond motifs is 1. The van der Waals surface area contributed by atoms with Gasteiger partial charge in [-0.3, -0.25) is 19.1 Å². The van der Waals surface area contributed by atoms with Crippen molar-refractivity contribution in [2.24, 2.45) is 0 Å². The second-order valence-corrected chi connectivity index (χ2v) is 8.24. The molecule has 3 aromatic heterocycles. The third-order valence-corrected chi connectivity index (χ3v) is 5.93. The zero-order chi connectivity index (χ0) is 25.4. The van der Waals surface area contributed by atoms with Crippen LogP contribution in [0.15, 0.2) is 72.0 Å². The molecular weight excluding hydrogens is 480 g/mol. The smallest absolute Gasteiger partial charge is 0.301 e. The number of alkyl halides is 3. The fraction of sp³-hybridized carbons (Fsp3) is 0.208. The molecule has 36 heavy (non-hydrogen) atoms. The summed E-state index contributed by atoms with van der Waals surface area (Å²) in [7, 11) is 0. The van der Waals surface area contributed by atoms with E-state index in [9.17, 15) is 27.2 Å². The van der Waals surface area contributed by atoms with Gasteiger partial charge >= 0.3 is 6.18 Å². The molecule has 1 atom stereocenters. The molecule has 0 bridgehead atoms. The number of aromatic nitrogens is 5. The molecule has 8 nitrogen and oxygen atoms in total. The largest absolute Gasteiger partial charge is 0.406 e. The van der Waals surface area contributed by atoms with Gasteiger partial charge in [-0.05, 0) is 43.2 Å². The summed E-state index contributed by atoms with van der Waals surface area (Å²) in [5.41, 5.74) is 0.876. The number of carbonyl (C=O) groups is 1. The number of benzene rings is 1. The molecular formula is C24H18F4N6O2. The van der Waals surface area contributed by atoms with Crippen molar-refractivity contribution >= 4 is 11.6 Å². The quantitative estimate of drug-likeness (QED) is 0.401. The summed E-state index contributed by atoms with van der Waals surface area (Å²) in [6, 6.07) is 8.89. The predicted molar refractivity (Wildman–Crippen MR) is 121 cm³/mol. The third-order valence-electron chi connectivity index (χ3n) is 5.93. The summed E-state index contributed by atoms with van der Waals surface area (Å²) >= 11 is 0. The van der Waals surface area contributed by atoms with Gasteiger partial charge in [0.15, 0.2) is 0 Å². The minimum absolute atomic E-state index is 0.0214. The molecule has 184 valence electrons. The summed E-state index contributed by atoms with van der Waals surface area (Å²) in [4.78, 5) is 30.4. The molecule has 5 rings (SSSR count). The number of amides is 1. The molecule has 1 aliphatic heterocycles. The Kier molecular flexibility index (Phi) is 5.86. The van der Waals surface area contributed by atoms with Crippen molar-refractivity contribution in [1.82, 2.24) is 24.5 Å². The Morgan fingerprint density at radius 2 is 1.83 bits per heavy atom. The maximum atomic E-state index is 14.4. The molecule has 0 fully saturated rings. The Labute approximate surface area is 201 Å². The van der Waals surface area contributed by atoms with E-state index in [1.54, 1.807) is 36.8 Å². The van der Waals surface area contributed by atoms with Crippen molar-refractivity contribution in [2.45, 2.75) is 25.1 Å². The average molecular weight is 498 g/mol. The first kappa shape index (κ1) is 23.4. The van der Waals surface area contributed by atoms with Crippen molar-refractivity contribution in [2.75, 3.05) is 11.4 Å². The van der Waals surface area contributed by atoms with Crippen LogP contribution in [-0.2, 0) is 11.2 Å². The second-order valence-electron chi connectivity index (χ2n) is 8.24. The minimum atomic E-state index is -4.69. The van der Waals surface area contributed by atoms with Crippen LogP contribution in [0.25, 0.3) is 16.9 Å². The number of halogens is 4. The van der Waals surface area contributed by atoms with E-state index in [-0.39, 0.29) is 35.3 Å². The van der Waals surface area contributed by atoms with E-state index < -0.39 is 30.5 Å². The SMILES string of the molecule is O=C1C(n2cc(-c3ccn(-c4ccncc4)c(=O)c3)nn2)CCc2c(F)cccc2N1CC(F)(F)F. The van der Waals surface area contributed by atoms with Crippen LogP contribution in [0.4, 0.5) is 23.2 Å². The lowest BCUT2D eigenvalue weighted by Crippen LogP contribution is -2.42. The van der Waals surface area contributed by atoms with E-state index in [0.717, 1.165) is 6.07 Å². The molecule has 1 unspecified atom stereocenters. The summed E-state index contributed by atoms with van der Waals surface area (Å²) in [5, 5.41) is 7.99. The lowest BCUT2D eigenvalue weighted by Gasteiger charge is -2.26. The average Bonchev–Trinajstić information content (AvgIpc) is 3.28. The maximum absolute atomic E-state index is 14.4. The van der Waals surface area contributed by atoms with Gasteiger partial charge in [0.05, 0.1) is 17.6 Å². The van der Waals surface area contributed by atoms with E-state index in [4.69, 9.17) is 0 Å². The Balaban J connectivity index is 1.47. The van der Waals surface area contributed by atoms with E-state index in [1.807, 2.05) is 0 Å². The Morgan fingerprint density at radius 3 is 2.56 bits per heavy atom. The third kappa shape index (κ3) is 4.49. The van der Waals surface area contributed by atoms with Crippen LogP contribution in [0.2, 0.25) is 0 Å². The summed E-state index contributed by atoms with van der Waals surface area (Å²) in [6.45, 7) is -1.56. The molecule has 1 amide bonds. The molecule has 12 heteroatoms. The van der Waals surface area contributed by atoms with Gasteiger partial charge in [0, 0.05) is 35.8 Å². The topological polar surface area (TPSA) is 85.9 Å². The number of pyridine rings is 2. The first-order valence-corrected chi connectivity index (χ1v) is 10.9. The van der Waals surface area contributed by atoms with Crippen LogP contribution in [0.1, 0.15) is 18.0 Å². The summed E-state index contributed by atoms with van der Waals surface area (Å²) in [6.07, 6.45) is 1.41. The Bertz CT molecular complexity index is 1480. The van der Waals surface area contributed by atoms with Crippen LogP contribution in [0, 0.1) is 5.82 Å². The monoisotopic (exact) mass is 498 g/mol. The molecule has 0 spiro atoms. The van der Waals surface area contributed by atoms with Crippen LogP contribution in [0.5, 0.6) is 0 Å². The highest BCUT2D eigenvalue weighted by molar-refractivity contribution is 5.97. The molecule has 1 aliphatic rings. The van der Waals surface area contributed by atoms with Gasteiger partial charge in [0.1, 0.15) is 24.1 Å². The van der Waals surface area contributed by atoms with Gasteiger partial charge < -0.3 is 4.90 Å². The Morgan fingerprint density at radius 1 is 1.06 bits per heavy atom. The zero-order valence-electron chi connectivity index (χ0n) is 18.6. The highest BCUT2D eigenvalue weighted by Crippen LogP contribution is 2.35. The van der Waals surface area contributed by atoms with Crippen molar-refractivity contribution in [1.29, 1.82) is 0 Å². The predicted octanol–water partition coefficient (Wildman–Crippen LogP) is 3.71. The second kappa shape index (κ2) is 9.02. The maximum Gasteiger partial charge on any atom is 0.406 e. The zero-order valence-corrected chi connectivity index (χ0v) is 18.6. The van der Waals surface area contributed by atoms with Crippen molar-refractivity contribution < 1.29 is 22.4 Å². The fourth-order valence-corrected chi connectivity index (χ4v) is 4.26. The lowest BCUT2D eigenvalue weighted by molar-refractivity contribution is -0.134. The van der Waals surface area contributed by atoms with Crippen LogP contribution < -0.4 is 10.5 Å². The summed E-state index contributed by atoms with van der Waals surface area (Å²) < 4.78 is 57.0.